The number of rotatable bonds is 7. The number of fused-ring (bicyclic) bond motifs is 3. The van der Waals surface area contributed by atoms with Crippen LogP contribution < -0.4 is 16.0 Å². The van der Waals surface area contributed by atoms with E-state index in [1.54, 1.807) is 14.1 Å². The van der Waals surface area contributed by atoms with Gasteiger partial charge in [-0.15, -0.1) is 0 Å². The molecule has 4 rings (SSSR count). The number of amides is 1. The summed E-state index contributed by atoms with van der Waals surface area (Å²) in [6.45, 7) is 5.11. The van der Waals surface area contributed by atoms with Crippen LogP contribution in [0.2, 0.25) is 0 Å². The Morgan fingerprint density at radius 2 is 1.82 bits per heavy atom. The number of ketones is 2. The van der Waals surface area contributed by atoms with Crippen LogP contribution >= 0.6 is 0 Å². The first-order chi connectivity index (χ1) is 18.1. The highest BCUT2D eigenvalue weighted by Gasteiger charge is 2.63. The molecule has 3 aliphatic rings. The summed E-state index contributed by atoms with van der Waals surface area (Å²) in [7, 11) is 6.87. The minimum Gasteiger partial charge on any atom is -0.510 e. The maximum absolute atomic E-state index is 14.0. The number of anilines is 1. The van der Waals surface area contributed by atoms with E-state index < -0.39 is 58.0 Å². The molecule has 4 atom stereocenters. The lowest BCUT2D eigenvalue weighted by atomic mass is 9.58. The summed E-state index contributed by atoms with van der Waals surface area (Å²) in [5, 5.41) is 48.6. The maximum Gasteiger partial charge on any atom is 0.255 e. The van der Waals surface area contributed by atoms with E-state index in [0.29, 0.717) is 30.1 Å². The van der Waals surface area contributed by atoms with Crippen molar-refractivity contribution in [2.75, 3.05) is 39.6 Å². The van der Waals surface area contributed by atoms with Gasteiger partial charge in [-0.05, 0) is 56.9 Å². The van der Waals surface area contributed by atoms with Crippen LogP contribution in [0.3, 0.4) is 0 Å². The molecular formula is C28H38N4O7. The molecule has 0 radical (unpaired) electrons. The van der Waals surface area contributed by atoms with E-state index in [0.717, 1.165) is 5.69 Å². The van der Waals surface area contributed by atoms with Crippen LogP contribution in [0.25, 0.3) is 0 Å². The number of aliphatic hydroxyl groups is 3. The minimum absolute atomic E-state index is 0.0170. The number of Topliss-reactive ketones (excluding diaryl/α,β-unsaturated/α-hetero) is 2. The van der Waals surface area contributed by atoms with Gasteiger partial charge in [0.25, 0.3) is 5.91 Å². The highest BCUT2D eigenvalue weighted by atomic mass is 16.3. The number of aromatic hydroxyl groups is 1. The van der Waals surface area contributed by atoms with Crippen molar-refractivity contribution < 1.29 is 34.8 Å². The number of allylic oxidation sites excluding steroid dienone is 1. The van der Waals surface area contributed by atoms with Gasteiger partial charge in [0, 0.05) is 43.4 Å². The molecule has 0 aromatic heterocycles. The van der Waals surface area contributed by atoms with Gasteiger partial charge in [-0.3, -0.25) is 19.3 Å². The van der Waals surface area contributed by atoms with Crippen molar-refractivity contribution in [2.45, 2.75) is 44.9 Å². The largest absolute Gasteiger partial charge is 0.510 e. The van der Waals surface area contributed by atoms with Gasteiger partial charge in [0.1, 0.15) is 22.8 Å². The third kappa shape index (κ3) is 4.29. The first-order valence-electron chi connectivity index (χ1n) is 13.0. The van der Waals surface area contributed by atoms with Crippen molar-refractivity contribution in [1.29, 1.82) is 0 Å². The molecule has 0 bridgehead atoms. The second-order valence-electron chi connectivity index (χ2n) is 11.6. The van der Waals surface area contributed by atoms with Crippen LogP contribution in [0.1, 0.15) is 41.8 Å². The quantitative estimate of drug-likeness (QED) is 0.272. The van der Waals surface area contributed by atoms with Gasteiger partial charge < -0.3 is 36.4 Å². The predicted octanol–water partition coefficient (Wildman–Crippen LogP) is 0.932. The summed E-state index contributed by atoms with van der Waals surface area (Å²) in [4.78, 5) is 42.9. The molecule has 1 amide bonds. The average Bonchev–Trinajstić information content (AvgIpc) is 2.81. The summed E-state index contributed by atoms with van der Waals surface area (Å²) in [6.07, 6.45) is 0.298. The number of hydrogen-bond donors (Lipinski definition) is 6. The molecule has 7 N–H and O–H groups in total. The van der Waals surface area contributed by atoms with E-state index in [-0.39, 0.29) is 29.7 Å². The molecule has 0 aliphatic heterocycles. The van der Waals surface area contributed by atoms with E-state index in [2.05, 4.69) is 19.2 Å². The molecular weight excluding hydrogens is 504 g/mol. The fourth-order valence-corrected chi connectivity index (χ4v) is 6.38. The van der Waals surface area contributed by atoms with Crippen LogP contribution in [0.4, 0.5) is 5.69 Å². The second-order valence-corrected chi connectivity index (χ2v) is 11.6. The van der Waals surface area contributed by atoms with Gasteiger partial charge in [-0.25, -0.2) is 0 Å². The molecule has 0 saturated carbocycles. The highest BCUT2D eigenvalue weighted by Crippen LogP contribution is 2.53. The van der Waals surface area contributed by atoms with Crippen molar-refractivity contribution >= 4 is 23.2 Å². The molecule has 0 spiro atoms. The third-order valence-corrected chi connectivity index (χ3v) is 8.13. The first-order valence-corrected chi connectivity index (χ1v) is 13.0. The summed E-state index contributed by atoms with van der Waals surface area (Å²) in [5.74, 6) is -6.15. The first kappa shape index (κ1) is 28.6. The van der Waals surface area contributed by atoms with Crippen LogP contribution in [0, 0.1) is 17.8 Å². The number of nitrogens with two attached hydrogens (primary N) is 1. The minimum atomic E-state index is -2.65. The number of likely N-dealkylation sites (N-methyl/N-ethyl adjacent to an activating group) is 1. The lowest BCUT2D eigenvalue weighted by molar-refractivity contribution is -0.148. The van der Waals surface area contributed by atoms with Gasteiger partial charge >= 0.3 is 0 Å². The Labute approximate surface area is 227 Å². The zero-order chi connectivity index (χ0) is 29.1. The van der Waals surface area contributed by atoms with E-state index in [1.165, 1.54) is 4.90 Å². The predicted molar refractivity (Wildman–Crippen MR) is 145 cm³/mol. The van der Waals surface area contributed by atoms with Gasteiger partial charge in [0.15, 0.2) is 11.4 Å². The van der Waals surface area contributed by atoms with Crippen LogP contribution in [-0.2, 0) is 22.6 Å². The zero-order valence-electron chi connectivity index (χ0n) is 23.2. The lowest BCUT2D eigenvalue weighted by Gasteiger charge is -2.50. The molecule has 11 nitrogen and oxygen atoms in total. The number of phenols is 1. The Morgan fingerprint density at radius 1 is 1.18 bits per heavy atom. The van der Waals surface area contributed by atoms with Crippen molar-refractivity contribution in [3.8, 4) is 5.75 Å². The number of phenolic OH excluding ortho intramolecular Hbond substituents is 1. The van der Waals surface area contributed by atoms with Gasteiger partial charge in [-0.2, -0.15) is 0 Å². The number of nitrogens with zero attached hydrogens (tertiary/aromatic N) is 2. The smallest absolute Gasteiger partial charge is 0.255 e. The normalized spacial score (nSPS) is 26.6. The van der Waals surface area contributed by atoms with E-state index in [9.17, 15) is 34.8 Å². The fraction of sp³-hybridized carbons (Fsp3) is 0.536. The van der Waals surface area contributed by atoms with Crippen molar-refractivity contribution in [2.24, 2.45) is 23.5 Å². The third-order valence-electron chi connectivity index (χ3n) is 8.13. The maximum atomic E-state index is 14.0. The van der Waals surface area contributed by atoms with E-state index in [1.807, 2.05) is 25.1 Å². The van der Waals surface area contributed by atoms with Crippen molar-refractivity contribution in [3.05, 3.63) is 45.4 Å². The van der Waals surface area contributed by atoms with Gasteiger partial charge in [-0.1, -0.05) is 13.8 Å². The number of aliphatic hydroxyl groups excluding tert-OH is 2. The van der Waals surface area contributed by atoms with Crippen molar-refractivity contribution in [1.82, 2.24) is 10.2 Å². The molecule has 212 valence electrons. The monoisotopic (exact) mass is 542 g/mol. The Morgan fingerprint density at radius 3 is 2.36 bits per heavy atom. The highest BCUT2D eigenvalue weighted by molar-refractivity contribution is 6.24. The summed E-state index contributed by atoms with van der Waals surface area (Å²) >= 11 is 0. The van der Waals surface area contributed by atoms with Crippen LogP contribution in [0.15, 0.2) is 28.7 Å². The van der Waals surface area contributed by atoms with Gasteiger partial charge in [0.2, 0.25) is 5.78 Å². The Kier molecular flexibility index (Phi) is 7.30. The average molecular weight is 543 g/mol. The molecule has 11 heteroatoms. The number of hydrogen-bond acceptors (Lipinski definition) is 10. The van der Waals surface area contributed by atoms with E-state index in [4.69, 9.17) is 5.73 Å². The Hall–Kier alpha value is -3.41. The zero-order valence-corrected chi connectivity index (χ0v) is 23.2. The molecule has 0 saturated heterocycles. The standard InChI is InChI=1S/C28H38N4O7/c1-12(2)10-30-11-14-9-17(31(3)4)15-7-13-8-16-21(32(5)6)24(35)20(27(29)38)26(37)28(16,39)25(36)18(13)23(34)19(15)22(14)33/h9,12-13,16,21,30,33,35-36,39H,7-8,10-11H2,1-6H3,(H2,29,38)/t13-,16-,21-,28-/m1/s1. The molecule has 0 heterocycles. The molecule has 1 aromatic rings. The Bertz CT molecular complexity index is 1310. The van der Waals surface area contributed by atoms with Crippen LogP contribution in [-0.4, -0.2) is 89.2 Å². The van der Waals surface area contributed by atoms with Gasteiger partial charge in [0.05, 0.1) is 11.6 Å². The molecule has 1 aromatic carbocycles. The molecule has 0 fully saturated rings. The molecule has 3 aliphatic carbocycles. The summed E-state index contributed by atoms with van der Waals surface area (Å²) in [5.41, 5.74) is 3.60. The summed E-state index contributed by atoms with van der Waals surface area (Å²) < 4.78 is 0. The lowest BCUT2D eigenvalue weighted by Crippen LogP contribution is -2.63. The molecule has 0 unspecified atom stereocenters. The summed E-state index contributed by atoms with van der Waals surface area (Å²) in [6, 6.07) is 0.815. The Balaban J connectivity index is 1.91. The van der Waals surface area contributed by atoms with E-state index >= 15 is 0 Å². The topological polar surface area (TPSA) is 177 Å². The SMILES string of the molecule is CC(C)CNCc1cc(N(C)C)c2c(c1O)C(=O)C1=C(O)[C@@]3(O)C(=O)C(C(N)=O)=C(O)[C@H](N(C)C)[C@H]3C[C@H]1C2. The number of nitrogens with one attached hydrogen (secondary N) is 1. The second kappa shape index (κ2) is 9.96. The van der Waals surface area contributed by atoms with Crippen molar-refractivity contribution in [3.63, 3.8) is 0 Å². The number of carbonyl (C=O) groups excluding carboxylic acids is 3. The fourth-order valence-electron chi connectivity index (χ4n) is 6.38. The number of primary amides is 1. The van der Waals surface area contributed by atoms with Crippen LogP contribution in [0.5, 0.6) is 5.75 Å². The number of carbonyl (C=O) groups is 3. The molecule has 39 heavy (non-hydrogen) atoms. The number of benzene rings is 1.